The number of hydrogen-bond donors (Lipinski definition) is 1. The minimum Gasteiger partial charge on any atom is -0.309 e. The van der Waals surface area contributed by atoms with Gasteiger partial charge in [-0.3, -0.25) is 4.68 Å². The molecule has 1 aromatic carbocycles. The lowest BCUT2D eigenvalue weighted by atomic mass is 9.70. The van der Waals surface area contributed by atoms with E-state index in [2.05, 4.69) is 54.7 Å². The van der Waals surface area contributed by atoms with Crippen LogP contribution in [0.2, 0.25) is 0 Å². The molecule has 0 fully saturated rings. The molecule has 1 unspecified atom stereocenters. The SMILES string of the molecule is Cn1cc(CCNC2c3ccccc3CCC2(C)C)cn1. The largest absolute Gasteiger partial charge is 0.309 e. The fourth-order valence-corrected chi connectivity index (χ4v) is 3.41. The number of nitrogens with zero attached hydrogens (tertiary/aromatic N) is 2. The second-order valence-electron chi connectivity index (χ2n) is 6.85. The molecule has 1 atom stereocenters. The van der Waals surface area contributed by atoms with E-state index in [-0.39, 0.29) is 0 Å². The van der Waals surface area contributed by atoms with Crippen molar-refractivity contribution in [2.24, 2.45) is 12.5 Å². The van der Waals surface area contributed by atoms with Gasteiger partial charge in [0.1, 0.15) is 0 Å². The van der Waals surface area contributed by atoms with Crippen LogP contribution in [0.15, 0.2) is 36.7 Å². The first-order chi connectivity index (χ1) is 10.1. The minimum absolute atomic E-state index is 0.309. The molecule has 0 saturated heterocycles. The van der Waals surface area contributed by atoms with Gasteiger partial charge in [-0.1, -0.05) is 38.1 Å². The fraction of sp³-hybridized carbons (Fsp3) is 0.500. The Morgan fingerprint density at radius 2 is 2.14 bits per heavy atom. The topological polar surface area (TPSA) is 29.9 Å². The van der Waals surface area contributed by atoms with Crippen LogP contribution < -0.4 is 5.32 Å². The van der Waals surface area contributed by atoms with Crippen molar-refractivity contribution < 1.29 is 0 Å². The molecule has 1 heterocycles. The molecule has 0 spiro atoms. The first-order valence-electron chi connectivity index (χ1n) is 7.85. The molecule has 2 aromatic rings. The predicted molar refractivity (Wildman–Crippen MR) is 86.2 cm³/mol. The standard InChI is InChI=1S/C18H25N3/c1-18(2)10-8-15-6-4-5-7-16(15)17(18)19-11-9-14-12-20-21(3)13-14/h4-7,12-13,17,19H,8-11H2,1-3H3. The molecule has 1 N–H and O–H groups in total. The zero-order chi connectivity index (χ0) is 14.9. The Labute approximate surface area is 127 Å². The van der Waals surface area contributed by atoms with Gasteiger partial charge in [0.15, 0.2) is 0 Å². The molecule has 3 heteroatoms. The van der Waals surface area contributed by atoms with E-state index in [1.54, 1.807) is 0 Å². The number of benzene rings is 1. The van der Waals surface area contributed by atoms with Crippen molar-refractivity contribution >= 4 is 0 Å². The van der Waals surface area contributed by atoms with Gasteiger partial charge in [-0.15, -0.1) is 0 Å². The lowest BCUT2D eigenvalue weighted by Crippen LogP contribution is -2.39. The van der Waals surface area contributed by atoms with Gasteiger partial charge in [0.2, 0.25) is 0 Å². The van der Waals surface area contributed by atoms with E-state index < -0.39 is 0 Å². The van der Waals surface area contributed by atoms with Crippen LogP contribution in [-0.4, -0.2) is 16.3 Å². The number of hydrogen-bond acceptors (Lipinski definition) is 2. The first kappa shape index (κ1) is 14.3. The van der Waals surface area contributed by atoms with Crippen molar-refractivity contribution in [3.63, 3.8) is 0 Å². The summed E-state index contributed by atoms with van der Waals surface area (Å²) in [6.45, 7) is 5.75. The van der Waals surface area contributed by atoms with Gasteiger partial charge in [0.05, 0.1) is 6.20 Å². The summed E-state index contributed by atoms with van der Waals surface area (Å²) >= 11 is 0. The average molecular weight is 283 g/mol. The molecule has 21 heavy (non-hydrogen) atoms. The summed E-state index contributed by atoms with van der Waals surface area (Å²) in [4.78, 5) is 0. The van der Waals surface area contributed by atoms with E-state index in [1.807, 2.05) is 17.9 Å². The fourth-order valence-electron chi connectivity index (χ4n) is 3.41. The van der Waals surface area contributed by atoms with Crippen LogP contribution in [-0.2, 0) is 19.9 Å². The lowest BCUT2D eigenvalue weighted by Gasteiger charge is -2.40. The van der Waals surface area contributed by atoms with Gasteiger partial charge in [-0.25, -0.2) is 0 Å². The van der Waals surface area contributed by atoms with Gasteiger partial charge in [0.25, 0.3) is 0 Å². The molecule has 0 aliphatic heterocycles. The Balaban J connectivity index is 1.70. The number of aryl methyl sites for hydroxylation is 2. The predicted octanol–water partition coefficient (Wildman–Crippen LogP) is 3.27. The summed E-state index contributed by atoms with van der Waals surface area (Å²) in [5.74, 6) is 0. The molecule has 112 valence electrons. The molecule has 0 bridgehead atoms. The van der Waals surface area contributed by atoms with Crippen molar-refractivity contribution in [3.8, 4) is 0 Å². The summed E-state index contributed by atoms with van der Waals surface area (Å²) in [6.07, 6.45) is 7.53. The molecule has 0 amide bonds. The quantitative estimate of drug-likeness (QED) is 0.933. The molecular weight excluding hydrogens is 258 g/mol. The van der Waals surface area contributed by atoms with Crippen molar-refractivity contribution in [1.29, 1.82) is 0 Å². The second kappa shape index (κ2) is 5.64. The van der Waals surface area contributed by atoms with E-state index in [4.69, 9.17) is 0 Å². The summed E-state index contributed by atoms with van der Waals surface area (Å²) < 4.78 is 1.87. The highest BCUT2D eigenvalue weighted by Crippen LogP contribution is 2.43. The molecule has 0 saturated carbocycles. The van der Waals surface area contributed by atoms with E-state index in [0.29, 0.717) is 11.5 Å². The third-order valence-corrected chi connectivity index (χ3v) is 4.71. The highest BCUT2D eigenvalue weighted by molar-refractivity contribution is 5.34. The third kappa shape index (κ3) is 3.03. The zero-order valence-corrected chi connectivity index (χ0v) is 13.3. The molecule has 1 aromatic heterocycles. The Hall–Kier alpha value is -1.61. The van der Waals surface area contributed by atoms with Crippen molar-refractivity contribution in [1.82, 2.24) is 15.1 Å². The van der Waals surface area contributed by atoms with Gasteiger partial charge < -0.3 is 5.32 Å². The van der Waals surface area contributed by atoms with E-state index in [9.17, 15) is 0 Å². The molecule has 1 aliphatic carbocycles. The first-order valence-corrected chi connectivity index (χ1v) is 7.85. The summed E-state index contributed by atoms with van der Waals surface area (Å²) in [6, 6.07) is 9.33. The number of fused-ring (bicyclic) bond motifs is 1. The van der Waals surface area contributed by atoms with E-state index in [1.165, 1.54) is 29.5 Å². The van der Waals surface area contributed by atoms with Gasteiger partial charge in [-0.05, 0) is 47.9 Å². The Kier molecular flexibility index (Phi) is 3.85. The van der Waals surface area contributed by atoms with Crippen LogP contribution in [0.3, 0.4) is 0 Å². The number of aromatic nitrogens is 2. The van der Waals surface area contributed by atoms with Crippen LogP contribution >= 0.6 is 0 Å². The molecule has 1 aliphatic rings. The highest BCUT2D eigenvalue weighted by Gasteiger charge is 2.35. The van der Waals surface area contributed by atoms with Crippen LogP contribution in [0, 0.1) is 5.41 Å². The lowest BCUT2D eigenvalue weighted by molar-refractivity contribution is 0.210. The van der Waals surface area contributed by atoms with Crippen molar-refractivity contribution in [2.45, 2.75) is 39.2 Å². The van der Waals surface area contributed by atoms with Gasteiger partial charge in [0, 0.05) is 19.3 Å². The summed E-state index contributed by atoms with van der Waals surface area (Å²) in [5.41, 5.74) is 4.60. The number of nitrogens with one attached hydrogen (secondary N) is 1. The van der Waals surface area contributed by atoms with Gasteiger partial charge >= 0.3 is 0 Å². The van der Waals surface area contributed by atoms with Crippen LogP contribution in [0.25, 0.3) is 0 Å². The minimum atomic E-state index is 0.309. The smallest absolute Gasteiger partial charge is 0.0522 e. The van der Waals surface area contributed by atoms with E-state index in [0.717, 1.165) is 13.0 Å². The molecule has 3 nitrogen and oxygen atoms in total. The third-order valence-electron chi connectivity index (χ3n) is 4.71. The monoisotopic (exact) mass is 283 g/mol. The average Bonchev–Trinajstić information content (AvgIpc) is 2.87. The van der Waals surface area contributed by atoms with Crippen LogP contribution in [0.1, 0.15) is 43.0 Å². The maximum Gasteiger partial charge on any atom is 0.0522 e. The van der Waals surface area contributed by atoms with Crippen LogP contribution in [0.4, 0.5) is 0 Å². The Bertz CT molecular complexity index is 612. The molecule has 3 rings (SSSR count). The highest BCUT2D eigenvalue weighted by atomic mass is 15.2. The summed E-state index contributed by atoms with van der Waals surface area (Å²) in [7, 11) is 1.97. The van der Waals surface area contributed by atoms with Crippen LogP contribution in [0.5, 0.6) is 0 Å². The van der Waals surface area contributed by atoms with Crippen molar-refractivity contribution in [2.75, 3.05) is 6.54 Å². The zero-order valence-electron chi connectivity index (χ0n) is 13.3. The molecular formula is C18H25N3. The van der Waals surface area contributed by atoms with Gasteiger partial charge in [-0.2, -0.15) is 5.10 Å². The molecule has 0 radical (unpaired) electrons. The second-order valence-corrected chi connectivity index (χ2v) is 6.85. The number of rotatable bonds is 4. The maximum atomic E-state index is 4.24. The summed E-state index contributed by atoms with van der Waals surface area (Å²) in [5, 5.41) is 8.02. The maximum absolute atomic E-state index is 4.24. The van der Waals surface area contributed by atoms with Crippen molar-refractivity contribution in [3.05, 3.63) is 53.3 Å². The Morgan fingerprint density at radius 1 is 1.33 bits per heavy atom. The Morgan fingerprint density at radius 3 is 2.90 bits per heavy atom. The van der Waals surface area contributed by atoms with E-state index >= 15 is 0 Å². The normalized spacial score (nSPS) is 20.2.